The number of allylic oxidation sites excluding steroid dienone is 1. The first-order chi connectivity index (χ1) is 7.22. The molecule has 1 aliphatic carbocycles. The second kappa shape index (κ2) is 6.29. The van der Waals surface area contributed by atoms with E-state index in [0.29, 0.717) is 11.5 Å². The van der Waals surface area contributed by atoms with Crippen molar-refractivity contribution < 1.29 is 4.74 Å². The molecule has 1 rings (SSSR count). The van der Waals surface area contributed by atoms with Gasteiger partial charge in [0.05, 0.1) is 0 Å². The van der Waals surface area contributed by atoms with Crippen molar-refractivity contribution in [1.29, 1.82) is 0 Å². The fraction of sp³-hybridized carbons (Fsp3) is 0.846. The van der Waals surface area contributed by atoms with Gasteiger partial charge in [0.2, 0.25) is 0 Å². The van der Waals surface area contributed by atoms with Crippen molar-refractivity contribution in [3.63, 3.8) is 0 Å². The quantitative estimate of drug-likeness (QED) is 0.592. The minimum atomic E-state index is 0.568. The third-order valence-electron chi connectivity index (χ3n) is 3.42. The Kier molecular flexibility index (Phi) is 5.34. The Labute approximate surface area is 94.1 Å². The molecule has 0 heterocycles. The molecule has 0 aromatic heterocycles. The van der Waals surface area contributed by atoms with Crippen LogP contribution in [0.2, 0.25) is 0 Å². The van der Waals surface area contributed by atoms with E-state index in [2.05, 4.69) is 18.8 Å². The van der Waals surface area contributed by atoms with Gasteiger partial charge in [0, 0.05) is 26.3 Å². The Balaban J connectivity index is 2.10. The van der Waals surface area contributed by atoms with E-state index in [1.165, 1.54) is 25.7 Å². The molecule has 0 spiro atoms. The maximum absolute atomic E-state index is 5.15. The maximum Gasteiger partial charge on any atom is 0.0468 e. The first-order valence-corrected chi connectivity index (χ1v) is 6.06. The third-order valence-corrected chi connectivity index (χ3v) is 3.42. The summed E-state index contributed by atoms with van der Waals surface area (Å²) < 4.78 is 5.15. The van der Waals surface area contributed by atoms with Gasteiger partial charge in [0.25, 0.3) is 0 Å². The molecule has 1 saturated carbocycles. The van der Waals surface area contributed by atoms with Gasteiger partial charge in [0.15, 0.2) is 0 Å². The van der Waals surface area contributed by atoms with E-state index >= 15 is 0 Å². The fourth-order valence-corrected chi connectivity index (χ4v) is 1.87. The summed E-state index contributed by atoms with van der Waals surface area (Å²) in [5.74, 6) is 0. The molecule has 2 nitrogen and oxygen atoms in total. The van der Waals surface area contributed by atoms with Gasteiger partial charge >= 0.3 is 0 Å². The van der Waals surface area contributed by atoms with E-state index in [1.807, 2.05) is 6.08 Å². The number of hydrogen-bond acceptors (Lipinski definition) is 2. The van der Waals surface area contributed by atoms with Gasteiger partial charge in [-0.15, -0.1) is 6.58 Å². The lowest BCUT2D eigenvalue weighted by atomic mass is 10.0. The van der Waals surface area contributed by atoms with Crippen molar-refractivity contribution in [3.8, 4) is 0 Å². The van der Waals surface area contributed by atoms with E-state index in [4.69, 9.17) is 4.74 Å². The van der Waals surface area contributed by atoms with Crippen LogP contribution in [0.1, 0.15) is 39.0 Å². The molecule has 1 aliphatic rings. The van der Waals surface area contributed by atoms with Crippen LogP contribution < -0.4 is 5.32 Å². The standard InChI is InChI=1S/C13H25NO/c1-4-5-6-12(2)14-11-13(7-8-13)9-10-15-3/h4,12,14H,1,5-11H2,2-3H3. The molecule has 0 aromatic rings. The van der Waals surface area contributed by atoms with E-state index in [9.17, 15) is 0 Å². The van der Waals surface area contributed by atoms with Crippen molar-refractivity contribution >= 4 is 0 Å². The topological polar surface area (TPSA) is 21.3 Å². The van der Waals surface area contributed by atoms with Crippen molar-refractivity contribution in [3.05, 3.63) is 12.7 Å². The highest BCUT2D eigenvalue weighted by Gasteiger charge is 2.41. The average Bonchev–Trinajstić information content (AvgIpc) is 3.01. The molecule has 15 heavy (non-hydrogen) atoms. The summed E-state index contributed by atoms with van der Waals surface area (Å²) >= 11 is 0. The SMILES string of the molecule is C=CCCC(C)NCC1(CCOC)CC1. The molecular formula is C13H25NO. The summed E-state index contributed by atoms with van der Waals surface area (Å²) in [6, 6.07) is 0.614. The number of nitrogens with one attached hydrogen (secondary N) is 1. The fourth-order valence-electron chi connectivity index (χ4n) is 1.87. The molecule has 0 aliphatic heterocycles. The zero-order valence-electron chi connectivity index (χ0n) is 10.2. The predicted molar refractivity (Wildman–Crippen MR) is 65.1 cm³/mol. The van der Waals surface area contributed by atoms with Gasteiger partial charge in [-0.3, -0.25) is 0 Å². The normalized spacial score (nSPS) is 19.9. The molecule has 88 valence electrons. The lowest BCUT2D eigenvalue weighted by Crippen LogP contribution is -2.32. The molecule has 0 amide bonds. The Morgan fingerprint density at radius 2 is 2.27 bits per heavy atom. The van der Waals surface area contributed by atoms with Crippen LogP contribution in [-0.4, -0.2) is 26.3 Å². The molecule has 1 unspecified atom stereocenters. The van der Waals surface area contributed by atoms with Crippen LogP contribution in [0.15, 0.2) is 12.7 Å². The minimum absolute atomic E-state index is 0.568. The maximum atomic E-state index is 5.15. The summed E-state index contributed by atoms with van der Waals surface area (Å²) in [4.78, 5) is 0. The third kappa shape index (κ3) is 4.80. The van der Waals surface area contributed by atoms with Gasteiger partial charge in [-0.05, 0) is 44.4 Å². The zero-order valence-corrected chi connectivity index (χ0v) is 10.2. The van der Waals surface area contributed by atoms with Crippen LogP contribution in [0.5, 0.6) is 0 Å². The van der Waals surface area contributed by atoms with E-state index < -0.39 is 0 Å². The largest absolute Gasteiger partial charge is 0.385 e. The Hall–Kier alpha value is -0.340. The minimum Gasteiger partial charge on any atom is -0.385 e. The number of methoxy groups -OCH3 is 1. The first kappa shape index (κ1) is 12.7. The predicted octanol–water partition coefficient (Wildman–Crippen LogP) is 2.75. The lowest BCUT2D eigenvalue weighted by Gasteiger charge is -2.19. The van der Waals surface area contributed by atoms with Gasteiger partial charge in [-0.25, -0.2) is 0 Å². The summed E-state index contributed by atoms with van der Waals surface area (Å²) in [5, 5.41) is 3.63. The van der Waals surface area contributed by atoms with Crippen LogP contribution >= 0.6 is 0 Å². The molecule has 0 radical (unpaired) electrons. The number of ether oxygens (including phenoxy) is 1. The van der Waals surface area contributed by atoms with Gasteiger partial charge in [-0.1, -0.05) is 6.08 Å². The highest BCUT2D eigenvalue weighted by atomic mass is 16.5. The molecular weight excluding hydrogens is 186 g/mol. The Bertz CT molecular complexity index is 187. The molecule has 1 N–H and O–H groups in total. The summed E-state index contributed by atoms with van der Waals surface area (Å²) in [5.41, 5.74) is 0.568. The van der Waals surface area contributed by atoms with Crippen molar-refractivity contribution in [2.45, 2.75) is 45.1 Å². The van der Waals surface area contributed by atoms with Crippen LogP contribution in [-0.2, 0) is 4.74 Å². The number of rotatable bonds is 9. The van der Waals surface area contributed by atoms with E-state index in [1.54, 1.807) is 7.11 Å². The molecule has 0 saturated heterocycles. The zero-order chi connectivity index (χ0) is 11.1. The Morgan fingerprint density at radius 1 is 1.53 bits per heavy atom. The van der Waals surface area contributed by atoms with Gasteiger partial charge in [-0.2, -0.15) is 0 Å². The summed E-state index contributed by atoms with van der Waals surface area (Å²) in [6.45, 7) is 8.08. The molecule has 1 fully saturated rings. The van der Waals surface area contributed by atoms with Crippen molar-refractivity contribution in [2.24, 2.45) is 5.41 Å². The van der Waals surface area contributed by atoms with Crippen LogP contribution in [0.4, 0.5) is 0 Å². The van der Waals surface area contributed by atoms with Crippen LogP contribution in [0.3, 0.4) is 0 Å². The summed E-state index contributed by atoms with van der Waals surface area (Å²) in [7, 11) is 1.79. The monoisotopic (exact) mass is 211 g/mol. The lowest BCUT2D eigenvalue weighted by molar-refractivity contribution is 0.170. The molecule has 2 heteroatoms. The first-order valence-electron chi connectivity index (χ1n) is 6.06. The van der Waals surface area contributed by atoms with Crippen LogP contribution in [0, 0.1) is 5.41 Å². The van der Waals surface area contributed by atoms with Crippen LogP contribution in [0.25, 0.3) is 0 Å². The Morgan fingerprint density at radius 3 is 2.80 bits per heavy atom. The second-order valence-electron chi connectivity index (χ2n) is 4.89. The second-order valence-corrected chi connectivity index (χ2v) is 4.89. The van der Waals surface area contributed by atoms with E-state index in [-0.39, 0.29) is 0 Å². The molecule has 1 atom stereocenters. The molecule has 0 bridgehead atoms. The number of hydrogen-bond donors (Lipinski definition) is 1. The highest BCUT2D eigenvalue weighted by Crippen LogP contribution is 2.48. The average molecular weight is 211 g/mol. The van der Waals surface area contributed by atoms with Gasteiger partial charge < -0.3 is 10.1 Å². The molecule has 0 aromatic carbocycles. The van der Waals surface area contributed by atoms with Gasteiger partial charge in [0.1, 0.15) is 0 Å². The van der Waals surface area contributed by atoms with Crippen molar-refractivity contribution in [1.82, 2.24) is 5.32 Å². The summed E-state index contributed by atoms with van der Waals surface area (Å²) in [6.07, 6.45) is 8.26. The highest BCUT2D eigenvalue weighted by molar-refractivity contribution is 4.95. The van der Waals surface area contributed by atoms with Crippen molar-refractivity contribution in [2.75, 3.05) is 20.3 Å². The van der Waals surface area contributed by atoms with E-state index in [0.717, 1.165) is 19.6 Å². The smallest absolute Gasteiger partial charge is 0.0468 e.